The number of rotatable bonds is 2. The number of aromatic nitrogens is 2. The van der Waals surface area contributed by atoms with Gasteiger partial charge in [-0.1, -0.05) is 39.8 Å². The average Bonchev–Trinajstić information content (AvgIpc) is 2.59. The molecule has 0 bridgehead atoms. The van der Waals surface area contributed by atoms with Crippen molar-refractivity contribution in [2.45, 2.75) is 39.5 Å². The van der Waals surface area contributed by atoms with Crippen LogP contribution in [0.2, 0.25) is 0 Å². The van der Waals surface area contributed by atoms with E-state index in [1.165, 1.54) is 17.0 Å². The molecular weight excluding hydrogens is 184 g/mol. The first kappa shape index (κ1) is 10.3. The quantitative estimate of drug-likeness (QED) is 0.734. The first-order chi connectivity index (χ1) is 7.11. The Morgan fingerprint density at radius 3 is 2.47 bits per heavy atom. The molecule has 1 atom stereocenters. The Labute approximate surface area is 91.5 Å². The summed E-state index contributed by atoms with van der Waals surface area (Å²) in [5, 5.41) is 0. The predicted octanol–water partition coefficient (Wildman–Crippen LogP) is 3.37. The van der Waals surface area contributed by atoms with Crippen LogP contribution in [0, 0.1) is 5.92 Å². The SMILES string of the molecule is CC(C)c1ncnc2c1C=CC2C(C)C. The number of nitrogens with zero attached hydrogens (tertiary/aromatic N) is 2. The molecule has 15 heavy (non-hydrogen) atoms. The monoisotopic (exact) mass is 202 g/mol. The topological polar surface area (TPSA) is 25.8 Å². The predicted molar refractivity (Wildman–Crippen MR) is 62.7 cm³/mol. The standard InChI is InChI=1S/C13H18N2/c1-8(2)10-5-6-11-12(9(3)4)14-7-15-13(10)11/h5-10H,1-4H3. The van der Waals surface area contributed by atoms with Crippen molar-refractivity contribution in [3.8, 4) is 0 Å². The van der Waals surface area contributed by atoms with Crippen LogP contribution in [0.1, 0.15) is 56.5 Å². The normalized spacial score (nSPS) is 18.9. The van der Waals surface area contributed by atoms with Gasteiger partial charge >= 0.3 is 0 Å². The molecule has 0 aliphatic heterocycles. The van der Waals surface area contributed by atoms with E-state index < -0.39 is 0 Å². The molecule has 1 unspecified atom stereocenters. The smallest absolute Gasteiger partial charge is 0.116 e. The molecular formula is C13H18N2. The Bertz CT molecular complexity index is 392. The van der Waals surface area contributed by atoms with Gasteiger partial charge in [0, 0.05) is 11.5 Å². The summed E-state index contributed by atoms with van der Waals surface area (Å²) in [4.78, 5) is 8.81. The maximum Gasteiger partial charge on any atom is 0.116 e. The van der Waals surface area contributed by atoms with Gasteiger partial charge in [0.2, 0.25) is 0 Å². The van der Waals surface area contributed by atoms with E-state index in [1.54, 1.807) is 6.33 Å². The van der Waals surface area contributed by atoms with Crippen molar-refractivity contribution in [2.75, 3.05) is 0 Å². The second-order valence-electron chi connectivity index (χ2n) is 4.84. The maximum absolute atomic E-state index is 4.43. The van der Waals surface area contributed by atoms with Gasteiger partial charge < -0.3 is 0 Å². The van der Waals surface area contributed by atoms with Crippen LogP contribution in [0.5, 0.6) is 0 Å². The summed E-state index contributed by atoms with van der Waals surface area (Å²) in [6, 6.07) is 0. The lowest BCUT2D eigenvalue weighted by Crippen LogP contribution is -2.07. The number of allylic oxidation sites excluding steroid dienone is 1. The van der Waals surface area contributed by atoms with E-state index in [0.717, 1.165) is 0 Å². The molecule has 80 valence electrons. The Morgan fingerprint density at radius 1 is 1.13 bits per heavy atom. The molecule has 1 aromatic rings. The minimum absolute atomic E-state index is 0.470. The molecule has 0 saturated heterocycles. The second kappa shape index (κ2) is 3.76. The Balaban J connectivity index is 2.48. The highest BCUT2D eigenvalue weighted by molar-refractivity contribution is 5.62. The molecule has 0 amide bonds. The first-order valence-electron chi connectivity index (χ1n) is 5.64. The summed E-state index contributed by atoms with van der Waals surface area (Å²) in [6.07, 6.45) is 6.15. The van der Waals surface area contributed by atoms with E-state index in [2.05, 4.69) is 49.8 Å². The van der Waals surface area contributed by atoms with Gasteiger partial charge in [-0.05, 0) is 11.8 Å². The van der Waals surface area contributed by atoms with Gasteiger partial charge in [0.1, 0.15) is 6.33 Å². The zero-order chi connectivity index (χ0) is 11.0. The lowest BCUT2D eigenvalue weighted by atomic mass is 9.93. The van der Waals surface area contributed by atoms with Crippen molar-refractivity contribution in [1.29, 1.82) is 0 Å². The largest absolute Gasteiger partial charge is 0.240 e. The molecule has 0 fully saturated rings. The van der Waals surface area contributed by atoms with Crippen molar-refractivity contribution < 1.29 is 0 Å². The van der Waals surface area contributed by atoms with Gasteiger partial charge in [-0.3, -0.25) is 0 Å². The summed E-state index contributed by atoms with van der Waals surface area (Å²) in [5.74, 6) is 1.55. The third-order valence-corrected chi connectivity index (χ3v) is 3.00. The molecule has 1 aliphatic rings. The van der Waals surface area contributed by atoms with Gasteiger partial charge in [-0.2, -0.15) is 0 Å². The number of fused-ring (bicyclic) bond motifs is 1. The summed E-state index contributed by atoms with van der Waals surface area (Å²) in [5.41, 5.74) is 3.65. The molecule has 2 nitrogen and oxygen atoms in total. The zero-order valence-corrected chi connectivity index (χ0v) is 9.86. The lowest BCUT2D eigenvalue weighted by molar-refractivity contribution is 0.570. The third kappa shape index (κ3) is 1.69. The molecule has 0 N–H and O–H groups in total. The van der Waals surface area contributed by atoms with E-state index >= 15 is 0 Å². The molecule has 0 spiro atoms. The number of hydrogen-bond donors (Lipinski definition) is 0. The van der Waals surface area contributed by atoms with E-state index in [0.29, 0.717) is 17.8 Å². The fraction of sp³-hybridized carbons (Fsp3) is 0.538. The van der Waals surface area contributed by atoms with Crippen molar-refractivity contribution in [2.24, 2.45) is 5.92 Å². The zero-order valence-electron chi connectivity index (χ0n) is 9.86. The van der Waals surface area contributed by atoms with Crippen molar-refractivity contribution in [1.82, 2.24) is 9.97 Å². The van der Waals surface area contributed by atoms with E-state index in [4.69, 9.17) is 0 Å². The molecule has 1 heterocycles. The highest BCUT2D eigenvalue weighted by atomic mass is 14.9. The maximum atomic E-state index is 4.43. The van der Waals surface area contributed by atoms with Gasteiger partial charge in [0.05, 0.1) is 11.4 Å². The van der Waals surface area contributed by atoms with Crippen LogP contribution < -0.4 is 0 Å². The minimum atomic E-state index is 0.470. The lowest BCUT2D eigenvalue weighted by Gasteiger charge is -2.15. The van der Waals surface area contributed by atoms with Crippen LogP contribution in [0.15, 0.2) is 12.4 Å². The highest BCUT2D eigenvalue weighted by Crippen LogP contribution is 2.36. The van der Waals surface area contributed by atoms with Crippen molar-refractivity contribution in [3.63, 3.8) is 0 Å². The number of hydrogen-bond acceptors (Lipinski definition) is 2. The summed E-state index contributed by atoms with van der Waals surface area (Å²) in [6.45, 7) is 8.83. The summed E-state index contributed by atoms with van der Waals surface area (Å²) >= 11 is 0. The van der Waals surface area contributed by atoms with Gasteiger partial charge in [-0.15, -0.1) is 0 Å². The fourth-order valence-electron chi connectivity index (χ4n) is 2.15. The van der Waals surface area contributed by atoms with Gasteiger partial charge in [-0.25, -0.2) is 9.97 Å². The molecule has 1 aromatic heterocycles. The molecule has 2 rings (SSSR count). The minimum Gasteiger partial charge on any atom is -0.240 e. The summed E-state index contributed by atoms with van der Waals surface area (Å²) < 4.78 is 0. The summed E-state index contributed by atoms with van der Waals surface area (Å²) in [7, 11) is 0. The fourth-order valence-corrected chi connectivity index (χ4v) is 2.15. The molecule has 1 aliphatic carbocycles. The van der Waals surface area contributed by atoms with E-state index in [-0.39, 0.29) is 0 Å². The second-order valence-corrected chi connectivity index (χ2v) is 4.84. The van der Waals surface area contributed by atoms with E-state index in [9.17, 15) is 0 Å². The van der Waals surface area contributed by atoms with Crippen LogP contribution in [-0.4, -0.2) is 9.97 Å². The van der Waals surface area contributed by atoms with Crippen LogP contribution in [0.3, 0.4) is 0 Å². The Hall–Kier alpha value is -1.18. The molecule has 0 saturated carbocycles. The van der Waals surface area contributed by atoms with Crippen molar-refractivity contribution in [3.05, 3.63) is 29.4 Å². The van der Waals surface area contributed by atoms with Gasteiger partial charge in [0.15, 0.2) is 0 Å². The van der Waals surface area contributed by atoms with Gasteiger partial charge in [0.25, 0.3) is 0 Å². The highest BCUT2D eigenvalue weighted by Gasteiger charge is 2.24. The Morgan fingerprint density at radius 2 is 1.87 bits per heavy atom. The first-order valence-corrected chi connectivity index (χ1v) is 5.64. The van der Waals surface area contributed by atoms with Crippen LogP contribution in [-0.2, 0) is 0 Å². The molecule has 0 radical (unpaired) electrons. The Kier molecular flexibility index (Phi) is 2.59. The van der Waals surface area contributed by atoms with Crippen molar-refractivity contribution >= 4 is 6.08 Å². The van der Waals surface area contributed by atoms with Crippen LogP contribution in [0.4, 0.5) is 0 Å². The van der Waals surface area contributed by atoms with Crippen LogP contribution in [0.25, 0.3) is 6.08 Å². The average molecular weight is 202 g/mol. The van der Waals surface area contributed by atoms with Crippen LogP contribution >= 0.6 is 0 Å². The molecule has 0 aromatic carbocycles. The third-order valence-electron chi connectivity index (χ3n) is 3.00. The van der Waals surface area contributed by atoms with E-state index in [1.807, 2.05) is 0 Å². The molecule has 2 heteroatoms.